The van der Waals surface area contributed by atoms with Crippen molar-refractivity contribution in [1.29, 1.82) is 0 Å². The van der Waals surface area contributed by atoms with Gasteiger partial charge in [0.05, 0.1) is 4.90 Å². The number of amides is 1. The van der Waals surface area contributed by atoms with E-state index in [4.69, 9.17) is 4.74 Å². The Balaban J connectivity index is 1.62. The first kappa shape index (κ1) is 19.8. The largest absolute Gasteiger partial charge is 0.454 e. The molecule has 7 nitrogen and oxygen atoms in total. The van der Waals surface area contributed by atoms with Crippen LogP contribution in [0.5, 0.6) is 0 Å². The van der Waals surface area contributed by atoms with Gasteiger partial charge in [0.25, 0.3) is 5.91 Å². The predicted molar refractivity (Wildman–Crippen MR) is 99.3 cm³/mol. The van der Waals surface area contributed by atoms with Crippen LogP contribution in [0.1, 0.15) is 39.0 Å². The molecular weight excluding hydrogens is 368 g/mol. The molecule has 1 aromatic carbocycles. The topological polar surface area (TPSA) is 92.8 Å². The van der Waals surface area contributed by atoms with Crippen molar-refractivity contribution >= 4 is 21.9 Å². The molecule has 1 saturated heterocycles. The number of hydrogen-bond donors (Lipinski definition) is 1. The highest BCUT2D eigenvalue weighted by Crippen LogP contribution is 2.32. The Morgan fingerprint density at radius 3 is 2.56 bits per heavy atom. The lowest BCUT2D eigenvalue weighted by atomic mass is 10.1. The van der Waals surface area contributed by atoms with Crippen LogP contribution >= 0.6 is 0 Å². The van der Waals surface area contributed by atoms with Crippen molar-refractivity contribution in [1.82, 2.24) is 9.62 Å². The standard InChI is InChI=1S/C19H26N2O5S/c1-14(15-10-11-15)20-18(22)13-26-19(23)17-9-5-6-12-21(17)27(24,25)16-7-3-2-4-8-16/h2-4,7-8,14-15,17H,5-6,9-13H2,1H3,(H,20,22). The number of hydrogen-bond acceptors (Lipinski definition) is 5. The summed E-state index contributed by atoms with van der Waals surface area (Å²) >= 11 is 0. The smallest absolute Gasteiger partial charge is 0.324 e. The molecule has 2 unspecified atom stereocenters. The molecular formula is C19H26N2O5S. The number of sulfonamides is 1. The number of piperidine rings is 1. The maximum absolute atomic E-state index is 12.9. The summed E-state index contributed by atoms with van der Waals surface area (Å²) in [6.07, 6.45) is 4.04. The number of nitrogens with zero attached hydrogens (tertiary/aromatic N) is 1. The lowest BCUT2D eigenvalue weighted by Gasteiger charge is -2.33. The molecule has 2 atom stereocenters. The Labute approximate surface area is 160 Å². The van der Waals surface area contributed by atoms with Gasteiger partial charge in [-0.15, -0.1) is 0 Å². The number of nitrogens with one attached hydrogen (secondary N) is 1. The Bertz CT molecular complexity index is 777. The third-order valence-corrected chi connectivity index (χ3v) is 7.06. The highest BCUT2D eigenvalue weighted by atomic mass is 32.2. The van der Waals surface area contributed by atoms with E-state index in [9.17, 15) is 18.0 Å². The number of carbonyl (C=O) groups is 2. The second kappa shape index (κ2) is 8.39. The molecule has 2 fully saturated rings. The summed E-state index contributed by atoms with van der Waals surface area (Å²) < 4.78 is 32.2. The summed E-state index contributed by atoms with van der Waals surface area (Å²) in [4.78, 5) is 24.6. The highest BCUT2D eigenvalue weighted by Gasteiger charge is 2.38. The molecule has 0 spiro atoms. The van der Waals surface area contributed by atoms with Crippen LogP contribution in [-0.2, 0) is 24.3 Å². The van der Waals surface area contributed by atoms with E-state index >= 15 is 0 Å². The second-order valence-electron chi connectivity index (χ2n) is 7.24. The molecule has 8 heteroatoms. The monoisotopic (exact) mass is 394 g/mol. The molecule has 1 N–H and O–H groups in total. The number of ether oxygens (including phenoxy) is 1. The fraction of sp³-hybridized carbons (Fsp3) is 0.579. The van der Waals surface area contributed by atoms with Crippen LogP contribution in [-0.4, -0.2) is 49.8 Å². The lowest BCUT2D eigenvalue weighted by molar-refractivity contribution is -0.153. The van der Waals surface area contributed by atoms with Gasteiger partial charge in [-0.25, -0.2) is 8.42 Å². The molecule has 27 heavy (non-hydrogen) atoms. The van der Waals surface area contributed by atoms with Gasteiger partial charge in [-0.3, -0.25) is 9.59 Å². The SMILES string of the molecule is CC(NC(=O)COC(=O)C1CCCCN1S(=O)(=O)c1ccccc1)C1CC1. The minimum atomic E-state index is -3.78. The van der Waals surface area contributed by atoms with Crippen LogP contribution in [0.4, 0.5) is 0 Å². The molecule has 1 aliphatic heterocycles. The maximum Gasteiger partial charge on any atom is 0.324 e. The van der Waals surface area contributed by atoms with Crippen LogP contribution in [0.15, 0.2) is 35.2 Å². The lowest BCUT2D eigenvalue weighted by Crippen LogP contribution is -2.49. The third-order valence-electron chi connectivity index (χ3n) is 5.14. The van der Waals surface area contributed by atoms with Crippen molar-refractivity contribution in [2.24, 2.45) is 5.92 Å². The molecule has 2 aliphatic rings. The van der Waals surface area contributed by atoms with Crippen molar-refractivity contribution in [3.05, 3.63) is 30.3 Å². The zero-order valence-corrected chi connectivity index (χ0v) is 16.3. The summed E-state index contributed by atoms with van der Waals surface area (Å²) in [5, 5.41) is 2.82. The fourth-order valence-corrected chi connectivity index (χ4v) is 5.07. The molecule has 1 amide bonds. The number of benzene rings is 1. The van der Waals surface area contributed by atoms with E-state index in [2.05, 4.69) is 5.32 Å². The molecule has 1 aliphatic carbocycles. The minimum Gasteiger partial charge on any atom is -0.454 e. The number of rotatable bonds is 7. The first-order chi connectivity index (χ1) is 12.9. The van der Waals surface area contributed by atoms with E-state index in [-0.39, 0.29) is 30.0 Å². The van der Waals surface area contributed by atoms with E-state index < -0.39 is 22.0 Å². The summed E-state index contributed by atoms with van der Waals surface area (Å²) in [5.41, 5.74) is 0. The van der Waals surface area contributed by atoms with Crippen LogP contribution < -0.4 is 5.32 Å². The third kappa shape index (κ3) is 4.87. The normalized spacial score (nSPS) is 22.0. The average molecular weight is 394 g/mol. The number of esters is 1. The maximum atomic E-state index is 12.9. The van der Waals surface area contributed by atoms with E-state index in [0.717, 1.165) is 19.3 Å². The first-order valence-electron chi connectivity index (χ1n) is 9.42. The van der Waals surface area contributed by atoms with Gasteiger partial charge in [0, 0.05) is 12.6 Å². The van der Waals surface area contributed by atoms with Crippen LogP contribution in [0, 0.1) is 5.92 Å². The highest BCUT2D eigenvalue weighted by molar-refractivity contribution is 7.89. The molecule has 148 valence electrons. The van der Waals surface area contributed by atoms with Gasteiger partial charge in [-0.1, -0.05) is 18.2 Å². The minimum absolute atomic E-state index is 0.0702. The van der Waals surface area contributed by atoms with Crippen molar-refractivity contribution in [3.8, 4) is 0 Å². The molecule has 1 heterocycles. The summed E-state index contributed by atoms with van der Waals surface area (Å²) in [7, 11) is -3.78. The molecule has 1 saturated carbocycles. The van der Waals surface area contributed by atoms with Crippen molar-refractivity contribution in [3.63, 3.8) is 0 Å². The Hall–Kier alpha value is -1.93. The van der Waals surface area contributed by atoms with E-state index in [1.807, 2.05) is 6.92 Å². The zero-order chi connectivity index (χ0) is 19.4. The van der Waals surface area contributed by atoms with Gasteiger partial charge in [-0.05, 0) is 57.1 Å². The average Bonchev–Trinajstić information content (AvgIpc) is 3.52. The summed E-state index contributed by atoms with van der Waals surface area (Å²) in [5.74, 6) is -0.506. The Morgan fingerprint density at radius 2 is 1.89 bits per heavy atom. The van der Waals surface area contributed by atoms with Crippen molar-refractivity contribution < 1.29 is 22.7 Å². The fourth-order valence-electron chi connectivity index (χ4n) is 3.40. The van der Waals surface area contributed by atoms with Crippen LogP contribution in [0.25, 0.3) is 0 Å². The molecule has 0 aromatic heterocycles. The van der Waals surface area contributed by atoms with Gasteiger partial charge in [-0.2, -0.15) is 4.31 Å². The van der Waals surface area contributed by atoms with Crippen molar-refractivity contribution in [2.45, 2.75) is 56.0 Å². The predicted octanol–water partition coefficient (Wildman–Crippen LogP) is 1.69. The first-order valence-corrected chi connectivity index (χ1v) is 10.9. The van der Waals surface area contributed by atoms with Crippen LogP contribution in [0.2, 0.25) is 0 Å². The van der Waals surface area contributed by atoms with Gasteiger partial charge in [0.15, 0.2) is 6.61 Å². The molecule has 0 radical (unpaired) electrons. The van der Waals surface area contributed by atoms with Gasteiger partial charge < -0.3 is 10.1 Å². The zero-order valence-electron chi connectivity index (χ0n) is 15.5. The molecule has 1 aromatic rings. The molecule has 3 rings (SSSR count). The van der Waals surface area contributed by atoms with Gasteiger partial charge in [0.1, 0.15) is 6.04 Å². The quantitative estimate of drug-likeness (QED) is 0.711. The summed E-state index contributed by atoms with van der Waals surface area (Å²) in [6, 6.07) is 7.24. The van der Waals surface area contributed by atoms with Crippen molar-refractivity contribution in [2.75, 3.05) is 13.2 Å². The molecule has 0 bridgehead atoms. The van der Waals surface area contributed by atoms with Gasteiger partial charge >= 0.3 is 5.97 Å². The van der Waals surface area contributed by atoms with Crippen LogP contribution in [0.3, 0.4) is 0 Å². The Morgan fingerprint density at radius 1 is 1.19 bits per heavy atom. The van der Waals surface area contributed by atoms with Gasteiger partial charge in [0.2, 0.25) is 10.0 Å². The number of carbonyl (C=O) groups excluding carboxylic acids is 2. The van der Waals surface area contributed by atoms with E-state index in [1.165, 1.54) is 16.4 Å². The Kier molecular flexibility index (Phi) is 6.16. The second-order valence-corrected chi connectivity index (χ2v) is 9.13. The van der Waals surface area contributed by atoms with E-state index in [1.54, 1.807) is 18.2 Å². The van der Waals surface area contributed by atoms with E-state index in [0.29, 0.717) is 18.8 Å². The summed E-state index contributed by atoms with van der Waals surface area (Å²) in [6.45, 7) is 1.82.